The second-order valence-electron chi connectivity index (χ2n) is 8.79. The Morgan fingerprint density at radius 1 is 0.974 bits per heavy atom. The van der Waals surface area contributed by atoms with Gasteiger partial charge in [-0.1, -0.05) is 30.3 Å². The molecular weight excluding hydrogens is 530 g/mol. The van der Waals surface area contributed by atoms with Crippen molar-refractivity contribution in [2.75, 3.05) is 11.9 Å². The van der Waals surface area contributed by atoms with Gasteiger partial charge in [0, 0.05) is 25.2 Å². The first kappa shape index (κ1) is 27.6. The minimum absolute atomic E-state index is 0.0536. The van der Waals surface area contributed by atoms with Crippen LogP contribution in [0.2, 0.25) is 0 Å². The number of benzodiazepines with no additional fused rings is 1. The topological polar surface area (TPSA) is 125 Å². The number of halogens is 2. The maximum Gasteiger partial charge on any atom is 0.272 e. The van der Waals surface area contributed by atoms with E-state index < -0.39 is 56.3 Å². The number of hydrogen-bond acceptors (Lipinski definition) is 6. The molecule has 4 rings (SSSR count). The molecular formula is C27H24F2N4O5S. The molecule has 0 aromatic heterocycles. The van der Waals surface area contributed by atoms with E-state index in [1.807, 2.05) is 0 Å². The summed E-state index contributed by atoms with van der Waals surface area (Å²) in [6, 6.07) is 16.6. The molecule has 2 unspecified atom stereocenters. The van der Waals surface area contributed by atoms with Crippen LogP contribution in [0.1, 0.15) is 18.1 Å². The molecule has 2 N–H and O–H groups in total. The molecule has 0 radical (unpaired) electrons. The molecule has 2 atom stereocenters. The summed E-state index contributed by atoms with van der Waals surface area (Å²) in [5.74, 6) is -5.40. The third-order valence-corrected chi connectivity index (χ3v) is 7.80. The molecule has 0 aliphatic carbocycles. The lowest BCUT2D eigenvalue weighted by molar-refractivity contribution is -0.136. The first-order valence-corrected chi connectivity index (χ1v) is 13.3. The highest BCUT2D eigenvalue weighted by molar-refractivity contribution is 8.07. The summed E-state index contributed by atoms with van der Waals surface area (Å²) in [4.78, 5) is 44.1. The van der Waals surface area contributed by atoms with Crippen molar-refractivity contribution in [1.82, 2.24) is 10.6 Å². The van der Waals surface area contributed by atoms with Crippen LogP contribution in [-0.2, 0) is 30.8 Å². The number of hydrogen-bond donors (Lipinski definition) is 2. The first-order valence-electron chi connectivity index (χ1n) is 11.8. The number of carbonyl (C=O) groups is 3. The summed E-state index contributed by atoms with van der Waals surface area (Å²) in [5, 5.41) is 4.35. The predicted octanol–water partition coefficient (Wildman–Crippen LogP) is 2.56. The zero-order valence-electron chi connectivity index (χ0n) is 20.9. The quantitative estimate of drug-likeness (QED) is 0.453. The summed E-state index contributed by atoms with van der Waals surface area (Å²) < 4.78 is 54.0. The maximum atomic E-state index is 13.6. The molecule has 0 spiro atoms. The van der Waals surface area contributed by atoms with Crippen LogP contribution >= 0.6 is 0 Å². The lowest BCUT2D eigenvalue weighted by Gasteiger charge is -2.21. The molecule has 0 saturated carbocycles. The molecule has 9 nitrogen and oxygen atoms in total. The fourth-order valence-electron chi connectivity index (χ4n) is 3.94. The van der Waals surface area contributed by atoms with Crippen LogP contribution in [0.3, 0.4) is 0 Å². The Labute approximate surface area is 223 Å². The van der Waals surface area contributed by atoms with Gasteiger partial charge in [0.15, 0.2) is 5.04 Å². The predicted molar refractivity (Wildman–Crippen MR) is 139 cm³/mol. The Morgan fingerprint density at radius 3 is 2.26 bits per heavy atom. The van der Waals surface area contributed by atoms with E-state index in [9.17, 15) is 31.6 Å². The van der Waals surface area contributed by atoms with E-state index in [-0.39, 0.29) is 28.3 Å². The molecule has 12 heteroatoms. The number of aliphatic imine (C=N–C) groups is 1. The van der Waals surface area contributed by atoms with Crippen molar-refractivity contribution in [2.45, 2.75) is 24.5 Å². The number of amides is 3. The van der Waals surface area contributed by atoms with Crippen LogP contribution in [0.15, 0.2) is 82.7 Å². The minimum atomic E-state index is -4.22. The number of nitrogens with zero attached hydrogens (tertiary/aromatic N) is 2. The van der Waals surface area contributed by atoms with Gasteiger partial charge in [-0.2, -0.15) is 0 Å². The zero-order chi connectivity index (χ0) is 28.3. The monoisotopic (exact) mass is 554 g/mol. The van der Waals surface area contributed by atoms with Crippen LogP contribution in [0.5, 0.6) is 0 Å². The molecule has 1 aliphatic rings. The largest absolute Gasteiger partial charge is 0.351 e. The SMILES string of the molecule is CC(C(=O)NCc1cc(F)cc(F)c1)C(=O)NC1N=C(S(=O)(=O)c2ccccc2)c2ccccc2N(C)C1=O. The highest BCUT2D eigenvalue weighted by Gasteiger charge is 2.37. The Kier molecular flexibility index (Phi) is 7.86. The molecule has 3 aromatic carbocycles. The second-order valence-corrected chi connectivity index (χ2v) is 10.7. The van der Waals surface area contributed by atoms with Gasteiger partial charge < -0.3 is 15.5 Å². The van der Waals surface area contributed by atoms with Gasteiger partial charge in [-0.3, -0.25) is 14.4 Å². The second kappa shape index (κ2) is 11.1. The van der Waals surface area contributed by atoms with Crippen molar-refractivity contribution in [2.24, 2.45) is 10.9 Å². The average Bonchev–Trinajstić information content (AvgIpc) is 3.02. The van der Waals surface area contributed by atoms with E-state index in [4.69, 9.17) is 0 Å². The zero-order valence-corrected chi connectivity index (χ0v) is 21.7. The number of sulfone groups is 1. The Hall–Kier alpha value is -4.45. The van der Waals surface area contributed by atoms with E-state index in [1.165, 1.54) is 37.1 Å². The van der Waals surface area contributed by atoms with Gasteiger partial charge in [0.2, 0.25) is 27.8 Å². The lowest BCUT2D eigenvalue weighted by Crippen LogP contribution is -2.49. The van der Waals surface area contributed by atoms with Crippen molar-refractivity contribution < 1.29 is 31.6 Å². The number of likely N-dealkylation sites (N-methyl/N-ethyl adjacent to an activating group) is 1. The summed E-state index contributed by atoms with van der Waals surface area (Å²) in [6.45, 7) is 1.02. The van der Waals surface area contributed by atoms with E-state index in [2.05, 4.69) is 15.6 Å². The lowest BCUT2D eigenvalue weighted by atomic mass is 10.1. The number of fused-ring (bicyclic) bond motifs is 1. The van der Waals surface area contributed by atoms with Crippen molar-refractivity contribution in [3.8, 4) is 0 Å². The number of rotatable bonds is 6. The maximum absolute atomic E-state index is 13.6. The van der Waals surface area contributed by atoms with Crippen LogP contribution in [0.4, 0.5) is 14.5 Å². The minimum Gasteiger partial charge on any atom is -0.351 e. The van der Waals surface area contributed by atoms with Gasteiger partial charge in [0.1, 0.15) is 17.6 Å². The fourth-order valence-corrected chi connectivity index (χ4v) is 5.39. The number of benzene rings is 3. The third-order valence-electron chi connectivity index (χ3n) is 6.07. The summed E-state index contributed by atoms with van der Waals surface area (Å²) in [6.07, 6.45) is -1.66. The van der Waals surface area contributed by atoms with E-state index in [0.717, 1.165) is 12.1 Å². The molecule has 0 bridgehead atoms. The molecule has 202 valence electrons. The number of anilines is 1. The van der Waals surface area contributed by atoms with Gasteiger partial charge in [-0.25, -0.2) is 22.2 Å². The normalized spacial score (nSPS) is 16.0. The van der Waals surface area contributed by atoms with Gasteiger partial charge in [-0.15, -0.1) is 0 Å². The van der Waals surface area contributed by atoms with Crippen LogP contribution < -0.4 is 15.5 Å². The van der Waals surface area contributed by atoms with E-state index in [0.29, 0.717) is 6.07 Å². The van der Waals surface area contributed by atoms with Crippen LogP contribution in [-0.4, -0.2) is 44.4 Å². The van der Waals surface area contributed by atoms with Crippen LogP contribution in [0.25, 0.3) is 0 Å². The van der Waals surface area contributed by atoms with Crippen molar-refractivity contribution in [3.63, 3.8) is 0 Å². The first-order chi connectivity index (χ1) is 18.5. The summed E-state index contributed by atoms with van der Waals surface area (Å²) >= 11 is 0. The molecule has 1 heterocycles. The average molecular weight is 555 g/mol. The van der Waals surface area contributed by atoms with Crippen molar-refractivity contribution in [1.29, 1.82) is 0 Å². The molecule has 0 saturated heterocycles. The highest BCUT2D eigenvalue weighted by atomic mass is 32.2. The molecule has 0 fully saturated rings. The number of nitrogens with one attached hydrogen (secondary N) is 2. The Bertz CT molecular complexity index is 1560. The van der Waals surface area contributed by atoms with Gasteiger partial charge in [0.25, 0.3) is 5.91 Å². The number of carbonyl (C=O) groups excluding carboxylic acids is 3. The highest BCUT2D eigenvalue weighted by Crippen LogP contribution is 2.29. The van der Waals surface area contributed by atoms with Crippen molar-refractivity contribution >= 4 is 38.3 Å². The molecule has 39 heavy (non-hydrogen) atoms. The summed E-state index contributed by atoms with van der Waals surface area (Å²) in [7, 11) is -2.80. The molecule has 3 amide bonds. The van der Waals surface area contributed by atoms with Gasteiger partial charge >= 0.3 is 0 Å². The van der Waals surface area contributed by atoms with Gasteiger partial charge in [-0.05, 0) is 48.9 Å². The Morgan fingerprint density at radius 2 is 1.59 bits per heavy atom. The molecule has 1 aliphatic heterocycles. The smallest absolute Gasteiger partial charge is 0.272 e. The number of para-hydroxylation sites is 1. The van der Waals surface area contributed by atoms with Crippen molar-refractivity contribution in [3.05, 3.63) is 95.6 Å². The van der Waals surface area contributed by atoms with Crippen LogP contribution in [0, 0.1) is 17.6 Å². The molecule has 3 aromatic rings. The van der Waals surface area contributed by atoms with Gasteiger partial charge in [0.05, 0.1) is 10.6 Å². The van der Waals surface area contributed by atoms with E-state index in [1.54, 1.807) is 36.4 Å². The third kappa shape index (κ3) is 5.85. The standard InChI is InChI=1S/C27H24F2N4O5S/c1-16(24(34)30-15-17-12-18(28)14-19(29)13-17)25(35)31-23-27(36)33(2)22-11-7-6-10-21(22)26(32-23)39(37,38)20-8-4-3-5-9-20/h3-14,16,23H,15H2,1-2H3,(H,30,34)(H,31,35). The van der Waals surface area contributed by atoms with E-state index >= 15 is 0 Å². The fraction of sp³-hybridized carbons (Fsp3) is 0.185. The summed E-state index contributed by atoms with van der Waals surface area (Å²) in [5.41, 5.74) is 0.583. The Balaban J connectivity index is 1.60.